The Labute approximate surface area is 167 Å². The minimum atomic E-state index is -0.209. The van der Waals surface area contributed by atoms with Crippen molar-refractivity contribution in [3.05, 3.63) is 30.1 Å². The summed E-state index contributed by atoms with van der Waals surface area (Å²) in [4.78, 5) is 33.0. The number of piperidine rings is 2. The standard InChI is InChI=1S/C21H32N4O3/c1-16(2)28-21(27)24-11-7-19(8-12-24)25-10-4-6-18(15-25)20(26)23-14-17-5-3-9-22-13-17/h3,5,9,13,16,18-19H,4,6-8,10-12,14-15H2,1-2H3,(H,23,26). The first-order valence-corrected chi connectivity index (χ1v) is 10.4. The maximum atomic E-state index is 12.6. The second-order valence-corrected chi connectivity index (χ2v) is 8.06. The lowest BCUT2D eigenvalue weighted by Crippen LogP contribution is -2.51. The van der Waals surface area contributed by atoms with Crippen molar-refractivity contribution in [2.75, 3.05) is 26.2 Å². The summed E-state index contributed by atoms with van der Waals surface area (Å²) in [6.45, 7) is 7.57. The van der Waals surface area contributed by atoms with E-state index in [1.54, 1.807) is 17.3 Å². The molecular weight excluding hydrogens is 356 g/mol. The molecule has 0 aliphatic carbocycles. The highest BCUT2D eigenvalue weighted by Gasteiger charge is 2.32. The van der Waals surface area contributed by atoms with E-state index in [9.17, 15) is 9.59 Å². The summed E-state index contributed by atoms with van der Waals surface area (Å²) in [6, 6.07) is 4.29. The first-order chi connectivity index (χ1) is 13.5. The lowest BCUT2D eigenvalue weighted by Gasteiger charge is -2.41. The van der Waals surface area contributed by atoms with Gasteiger partial charge in [-0.15, -0.1) is 0 Å². The Morgan fingerprint density at radius 1 is 1.25 bits per heavy atom. The van der Waals surface area contributed by atoms with Crippen LogP contribution in [-0.2, 0) is 16.1 Å². The molecule has 3 heterocycles. The number of carbonyl (C=O) groups is 2. The van der Waals surface area contributed by atoms with Crippen molar-refractivity contribution in [3.63, 3.8) is 0 Å². The van der Waals surface area contributed by atoms with E-state index < -0.39 is 0 Å². The minimum Gasteiger partial charge on any atom is -0.447 e. The number of nitrogens with zero attached hydrogens (tertiary/aromatic N) is 3. The largest absolute Gasteiger partial charge is 0.447 e. The Balaban J connectivity index is 1.44. The van der Waals surface area contributed by atoms with Crippen LogP contribution in [-0.4, -0.2) is 65.1 Å². The number of rotatable bonds is 5. The summed E-state index contributed by atoms with van der Waals surface area (Å²) in [5.74, 6) is 0.167. The van der Waals surface area contributed by atoms with E-state index in [0.29, 0.717) is 12.6 Å². The van der Waals surface area contributed by atoms with Crippen LogP contribution in [0.1, 0.15) is 45.1 Å². The molecule has 0 spiro atoms. The molecule has 1 N–H and O–H groups in total. The van der Waals surface area contributed by atoms with Crippen molar-refractivity contribution in [1.82, 2.24) is 20.1 Å². The van der Waals surface area contributed by atoms with Gasteiger partial charge in [-0.2, -0.15) is 0 Å². The maximum Gasteiger partial charge on any atom is 0.410 e. The SMILES string of the molecule is CC(C)OC(=O)N1CCC(N2CCCC(C(=O)NCc3cccnc3)C2)CC1. The Morgan fingerprint density at radius 3 is 2.71 bits per heavy atom. The lowest BCUT2D eigenvalue weighted by atomic mass is 9.93. The van der Waals surface area contributed by atoms with Gasteiger partial charge in [0, 0.05) is 44.6 Å². The molecule has 2 aliphatic heterocycles. The van der Waals surface area contributed by atoms with Gasteiger partial charge in [0.25, 0.3) is 0 Å². The number of hydrogen-bond acceptors (Lipinski definition) is 5. The number of amides is 2. The molecule has 2 amide bonds. The van der Waals surface area contributed by atoms with Gasteiger partial charge in [-0.25, -0.2) is 4.79 Å². The van der Waals surface area contributed by atoms with Crippen LogP contribution in [0.4, 0.5) is 4.79 Å². The predicted octanol–water partition coefficient (Wildman–Crippen LogP) is 2.42. The zero-order valence-electron chi connectivity index (χ0n) is 17.0. The third-order valence-electron chi connectivity index (χ3n) is 5.59. The molecule has 0 aromatic carbocycles. The van der Waals surface area contributed by atoms with Gasteiger partial charge in [-0.1, -0.05) is 6.07 Å². The molecule has 7 heteroatoms. The van der Waals surface area contributed by atoms with E-state index in [0.717, 1.165) is 57.4 Å². The van der Waals surface area contributed by atoms with Gasteiger partial charge in [-0.3, -0.25) is 14.7 Å². The number of hydrogen-bond donors (Lipinski definition) is 1. The normalized spacial score (nSPS) is 21.5. The molecule has 1 aromatic rings. The first kappa shape index (κ1) is 20.6. The summed E-state index contributed by atoms with van der Waals surface area (Å²) in [6.07, 6.45) is 7.09. The van der Waals surface area contributed by atoms with E-state index in [2.05, 4.69) is 15.2 Å². The summed E-state index contributed by atoms with van der Waals surface area (Å²) in [5.41, 5.74) is 1.02. The van der Waals surface area contributed by atoms with Gasteiger partial charge in [-0.05, 0) is 57.7 Å². The molecule has 2 aliphatic rings. The van der Waals surface area contributed by atoms with Crippen LogP contribution in [0.2, 0.25) is 0 Å². The number of pyridine rings is 1. The average Bonchev–Trinajstić information content (AvgIpc) is 2.72. The van der Waals surface area contributed by atoms with Gasteiger partial charge in [0.05, 0.1) is 12.0 Å². The number of ether oxygens (including phenoxy) is 1. The third kappa shape index (κ3) is 5.67. The number of carbonyl (C=O) groups excluding carboxylic acids is 2. The van der Waals surface area contributed by atoms with Gasteiger partial charge in [0.2, 0.25) is 5.91 Å². The minimum absolute atomic E-state index is 0.0364. The molecule has 0 radical (unpaired) electrons. The van der Waals surface area contributed by atoms with Crippen LogP contribution < -0.4 is 5.32 Å². The van der Waals surface area contributed by atoms with Gasteiger partial charge in [0.15, 0.2) is 0 Å². The van der Waals surface area contributed by atoms with Crippen molar-refractivity contribution in [1.29, 1.82) is 0 Å². The highest BCUT2D eigenvalue weighted by molar-refractivity contribution is 5.79. The summed E-state index contributed by atoms with van der Waals surface area (Å²) >= 11 is 0. The van der Waals surface area contributed by atoms with Crippen molar-refractivity contribution in [3.8, 4) is 0 Å². The molecule has 7 nitrogen and oxygen atoms in total. The van der Waals surface area contributed by atoms with Crippen LogP contribution in [0.15, 0.2) is 24.5 Å². The smallest absolute Gasteiger partial charge is 0.410 e. The molecule has 0 saturated carbocycles. The fourth-order valence-corrected chi connectivity index (χ4v) is 4.08. The topological polar surface area (TPSA) is 74.8 Å². The van der Waals surface area contributed by atoms with E-state index >= 15 is 0 Å². The monoisotopic (exact) mass is 388 g/mol. The Bertz CT molecular complexity index is 644. The van der Waals surface area contributed by atoms with Gasteiger partial charge < -0.3 is 15.0 Å². The van der Waals surface area contributed by atoms with E-state index in [1.165, 1.54) is 0 Å². The maximum absolute atomic E-state index is 12.6. The molecule has 1 unspecified atom stereocenters. The van der Waals surface area contributed by atoms with Crippen LogP contribution >= 0.6 is 0 Å². The Morgan fingerprint density at radius 2 is 2.04 bits per heavy atom. The second-order valence-electron chi connectivity index (χ2n) is 8.06. The van der Waals surface area contributed by atoms with Crippen LogP contribution in [0, 0.1) is 5.92 Å². The zero-order chi connectivity index (χ0) is 19.9. The van der Waals surface area contributed by atoms with Crippen molar-refractivity contribution < 1.29 is 14.3 Å². The molecule has 3 rings (SSSR count). The average molecular weight is 389 g/mol. The fraction of sp³-hybridized carbons (Fsp3) is 0.667. The molecule has 2 fully saturated rings. The molecule has 1 aromatic heterocycles. The zero-order valence-corrected chi connectivity index (χ0v) is 17.0. The number of likely N-dealkylation sites (tertiary alicyclic amines) is 2. The molecule has 154 valence electrons. The molecule has 0 bridgehead atoms. The van der Waals surface area contributed by atoms with Crippen molar-refractivity contribution >= 4 is 12.0 Å². The lowest BCUT2D eigenvalue weighted by molar-refractivity contribution is -0.127. The second kappa shape index (κ2) is 9.87. The van der Waals surface area contributed by atoms with E-state index in [4.69, 9.17) is 4.74 Å². The van der Waals surface area contributed by atoms with E-state index in [1.807, 2.05) is 26.0 Å². The van der Waals surface area contributed by atoms with Crippen LogP contribution in [0.25, 0.3) is 0 Å². The quantitative estimate of drug-likeness (QED) is 0.838. The summed E-state index contributed by atoms with van der Waals surface area (Å²) < 4.78 is 5.30. The van der Waals surface area contributed by atoms with Crippen LogP contribution in [0.5, 0.6) is 0 Å². The van der Waals surface area contributed by atoms with Crippen molar-refractivity contribution in [2.45, 2.75) is 58.2 Å². The molecule has 1 atom stereocenters. The highest BCUT2D eigenvalue weighted by Crippen LogP contribution is 2.24. The first-order valence-electron chi connectivity index (χ1n) is 10.4. The number of aromatic nitrogens is 1. The Hall–Kier alpha value is -2.15. The molecule has 2 saturated heterocycles. The number of nitrogens with one attached hydrogen (secondary N) is 1. The summed E-state index contributed by atoms with van der Waals surface area (Å²) in [5, 5.41) is 3.06. The Kier molecular flexibility index (Phi) is 7.25. The van der Waals surface area contributed by atoms with E-state index in [-0.39, 0.29) is 24.0 Å². The van der Waals surface area contributed by atoms with Crippen LogP contribution in [0.3, 0.4) is 0 Å². The predicted molar refractivity (Wildman–Crippen MR) is 107 cm³/mol. The van der Waals surface area contributed by atoms with Gasteiger partial charge in [0.1, 0.15) is 0 Å². The molecular formula is C21H32N4O3. The summed E-state index contributed by atoms with van der Waals surface area (Å²) in [7, 11) is 0. The highest BCUT2D eigenvalue weighted by atomic mass is 16.6. The van der Waals surface area contributed by atoms with Crippen molar-refractivity contribution in [2.24, 2.45) is 5.92 Å². The molecule has 28 heavy (non-hydrogen) atoms. The third-order valence-corrected chi connectivity index (χ3v) is 5.59. The van der Waals surface area contributed by atoms with Gasteiger partial charge >= 0.3 is 6.09 Å². The fourth-order valence-electron chi connectivity index (χ4n) is 4.08.